The molecule has 0 unspecified atom stereocenters. The topological polar surface area (TPSA) is 238 Å². The van der Waals surface area contributed by atoms with Crippen molar-refractivity contribution in [2.45, 2.75) is 38.9 Å². The predicted octanol–water partition coefficient (Wildman–Crippen LogP) is 13.4. The molecule has 28 heteroatoms. The molecule has 498 valence electrons. The molecule has 2 amide bonds. The number of hydrogen-bond acceptors (Lipinski definition) is 14. The fourth-order valence-corrected chi connectivity index (χ4v) is 13.2. The van der Waals surface area contributed by atoms with Gasteiger partial charge in [-0.3, -0.25) is 27.0 Å². The van der Waals surface area contributed by atoms with Gasteiger partial charge >= 0.3 is 7.12 Å². The molecule has 1 aliphatic heterocycles. The van der Waals surface area contributed by atoms with Crippen LogP contribution in [0.5, 0.6) is 0 Å². The number of halogens is 5. The number of pyridine rings is 2. The van der Waals surface area contributed by atoms with Gasteiger partial charge < -0.3 is 28.8 Å². The molecule has 0 aliphatic carbocycles. The number of furan rings is 2. The lowest BCUT2D eigenvalue weighted by molar-refractivity contribution is 0.00578. The van der Waals surface area contributed by atoms with Gasteiger partial charge in [0, 0.05) is 117 Å². The molecule has 0 saturated carbocycles. The molecule has 20 nitrogen and oxygen atoms in total. The number of nitrogens with one attached hydrogen (secondary N) is 2. The minimum atomic E-state index is -3.74. The zero-order valence-corrected chi connectivity index (χ0v) is 57.2. The van der Waals surface area contributed by atoms with Crippen LogP contribution in [0, 0.1) is 23.3 Å². The van der Waals surface area contributed by atoms with Gasteiger partial charge in [0.15, 0.2) is 11.3 Å². The van der Waals surface area contributed by atoms with Crippen molar-refractivity contribution in [3.63, 3.8) is 0 Å². The Kier molecular flexibility index (Phi) is 16.7. The third-order valence-corrected chi connectivity index (χ3v) is 20.6. The van der Waals surface area contributed by atoms with Crippen LogP contribution in [0.3, 0.4) is 0 Å². The van der Waals surface area contributed by atoms with Gasteiger partial charge in [0.2, 0.25) is 20.0 Å². The Morgan fingerprint density at radius 3 is 1.43 bits per heavy atom. The van der Waals surface area contributed by atoms with Crippen molar-refractivity contribution in [2.24, 2.45) is 0 Å². The van der Waals surface area contributed by atoms with Gasteiger partial charge in [-0.25, -0.2) is 54.3 Å². The first-order valence-corrected chi connectivity index (χ1v) is 34.7. The second-order valence-electron chi connectivity index (χ2n) is 24.4. The largest absolute Gasteiger partial charge is 0.497 e. The summed E-state index contributed by atoms with van der Waals surface area (Å²) in [5.41, 5.74) is 6.64. The van der Waals surface area contributed by atoms with Crippen LogP contribution in [0.1, 0.15) is 48.4 Å². The fraction of sp³-hybridized carbons (Fsp3) is 0.171. The van der Waals surface area contributed by atoms with Crippen LogP contribution in [0.15, 0.2) is 172 Å². The van der Waals surface area contributed by atoms with Crippen molar-refractivity contribution < 1.29 is 62.1 Å². The quantitative estimate of drug-likeness (QED) is 0.0957. The van der Waals surface area contributed by atoms with Gasteiger partial charge in [-0.2, -0.15) is 0 Å². The van der Waals surface area contributed by atoms with E-state index in [0.29, 0.717) is 82.7 Å². The second kappa shape index (κ2) is 24.7. The zero-order chi connectivity index (χ0) is 69.8. The number of aromatic nitrogens is 6. The third-order valence-electron chi connectivity index (χ3n) is 17.8. The lowest BCUT2D eigenvalue weighted by Gasteiger charge is -2.32. The molecule has 1 saturated heterocycles. The summed E-state index contributed by atoms with van der Waals surface area (Å²) < 4.78 is 138. The Bertz CT molecular complexity index is 5860. The first-order chi connectivity index (χ1) is 46.4. The van der Waals surface area contributed by atoms with Crippen molar-refractivity contribution in [3.05, 3.63) is 197 Å². The van der Waals surface area contributed by atoms with Crippen LogP contribution < -0.4 is 24.7 Å². The van der Waals surface area contributed by atoms with Crippen molar-refractivity contribution in [3.8, 4) is 33.8 Å². The highest BCUT2D eigenvalue weighted by atomic mass is 79.9. The minimum absolute atomic E-state index is 0.203. The molecule has 14 aromatic rings. The Hall–Kier alpha value is -10.3. The second-order valence-corrected chi connectivity index (χ2v) is 29.3. The maximum Gasteiger partial charge on any atom is 0.497 e. The molecular formula is C70H58BBrF4N10O10S2. The summed E-state index contributed by atoms with van der Waals surface area (Å²) in [6.07, 6.45) is 8.70. The minimum Gasteiger partial charge on any atom is -0.455 e. The molecule has 15 rings (SSSR count). The summed E-state index contributed by atoms with van der Waals surface area (Å²) in [6, 6.07) is 34.7. The number of rotatable bonds is 10. The molecule has 0 atom stereocenters. The van der Waals surface area contributed by atoms with E-state index >= 15 is 0 Å². The van der Waals surface area contributed by atoms with E-state index in [9.17, 15) is 44.0 Å². The smallest absolute Gasteiger partial charge is 0.455 e. The van der Waals surface area contributed by atoms with Gasteiger partial charge in [-0.1, -0.05) is 12.1 Å². The van der Waals surface area contributed by atoms with E-state index in [1.165, 1.54) is 88.9 Å². The SMILES string of the molecule is CNC(=O)c1c(-c2ccc(F)cc2)oc2cc(N(C)S(C)(=O)=O)c(-c3cnc4ncn5c6cccc(F)c6cc5c4c3)cc12.CNC(=O)c1c(-c2ccc(F)cc2)oc2cc(N(C)S(C)(=O)=O)c(B3OC(C)(C)C(C)(C)O3)cc12.Fc1cccc2c1cc1c3cc(Br)cnc3ncn21. The molecule has 1 fully saturated rings. The number of carbonyl (C=O) groups excluding carboxylic acids is 2. The maximum atomic E-state index is 14.7. The van der Waals surface area contributed by atoms with Crippen LogP contribution in [-0.4, -0.2) is 116 Å². The standard InChI is InChI=1S/C32H23F2N5O4S.C24H28BFN2O6S.C14H7BrFN3/c1-35-32(40)29-23-12-20(26(38(2)44(3,41)42)14-28(23)43-30(29)17-7-9-19(33)10-8-17)18-11-22-27-13-21-24(34)5-4-6-25(21)39(27)16-37-31(22)36-15-18;1-23(2)24(3,4)34-25(33-23)17-12-16-19(13-18(17)28(6)35(7,30)31)32-21(20(16)22(29)27-5)14-8-10-15(26)11-9-14;15-8-4-10-13-5-9-11(16)2-1-3-12(9)19(13)7-18-14(10)17-6-8/h4-16H,1-3H3,(H,35,40);8-13H,1-7H3,(H,27,29);1-7H. The van der Waals surface area contributed by atoms with Crippen LogP contribution in [-0.2, 0) is 29.4 Å². The Morgan fingerprint density at radius 1 is 0.520 bits per heavy atom. The summed E-state index contributed by atoms with van der Waals surface area (Å²) in [5, 5.41) is 8.63. The molecule has 6 aromatic carbocycles. The number of amides is 2. The Balaban J connectivity index is 0.000000142. The first-order valence-electron chi connectivity index (χ1n) is 30.2. The number of fused-ring (bicyclic) bond motifs is 12. The first kappa shape index (κ1) is 66.4. The van der Waals surface area contributed by atoms with E-state index in [0.717, 1.165) is 42.0 Å². The monoisotopic (exact) mass is 1430 g/mol. The normalized spacial score (nSPS) is 13.8. The summed E-state index contributed by atoms with van der Waals surface area (Å²) in [6.45, 7) is 7.58. The summed E-state index contributed by atoms with van der Waals surface area (Å²) in [5.74, 6) is -1.88. The highest BCUT2D eigenvalue weighted by Crippen LogP contribution is 2.44. The average molecular weight is 1430 g/mol. The number of benzene rings is 6. The highest BCUT2D eigenvalue weighted by Gasteiger charge is 2.53. The molecule has 0 bridgehead atoms. The molecule has 2 N–H and O–H groups in total. The molecule has 9 heterocycles. The average Bonchev–Trinajstić information content (AvgIpc) is 1.55. The van der Waals surface area contributed by atoms with E-state index in [1.54, 1.807) is 78.0 Å². The summed E-state index contributed by atoms with van der Waals surface area (Å²) in [4.78, 5) is 43.7. The number of nitrogens with zero attached hydrogens (tertiary/aromatic N) is 8. The lowest BCUT2D eigenvalue weighted by Crippen LogP contribution is -2.41. The van der Waals surface area contributed by atoms with Gasteiger partial charge in [-0.05, 0) is 153 Å². The molecule has 0 radical (unpaired) electrons. The van der Waals surface area contributed by atoms with Crippen LogP contribution in [0.25, 0.3) is 111 Å². The summed E-state index contributed by atoms with van der Waals surface area (Å²) in [7, 11) is -2.47. The van der Waals surface area contributed by atoms with Crippen molar-refractivity contribution in [2.75, 3.05) is 49.3 Å². The number of hydrogen-bond donors (Lipinski definition) is 2. The van der Waals surface area contributed by atoms with Gasteiger partial charge in [0.1, 0.15) is 58.6 Å². The molecule has 98 heavy (non-hydrogen) atoms. The van der Waals surface area contributed by atoms with E-state index < -0.39 is 61.8 Å². The molecular weight excluding hydrogens is 1370 g/mol. The predicted molar refractivity (Wildman–Crippen MR) is 375 cm³/mol. The Morgan fingerprint density at radius 2 is 0.959 bits per heavy atom. The van der Waals surface area contributed by atoms with Crippen molar-refractivity contribution in [1.29, 1.82) is 0 Å². The van der Waals surface area contributed by atoms with Crippen LogP contribution >= 0.6 is 15.9 Å². The van der Waals surface area contributed by atoms with E-state index in [1.807, 2.05) is 56.4 Å². The number of anilines is 2. The molecule has 1 aliphatic rings. The highest BCUT2D eigenvalue weighted by molar-refractivity contribution is 9.10. The zero-order valence-electron chi connectivity index (χ0n) is 54.0. The van der Waals surface area contributed by atoms with Gasteiger partial charge in [-0.15, -0.1) is 0 Å². The molecule has 0 spiro atoms. The third kappa shape index (κ3) is 11.8. The Labute approximate surface area is 566 Å². The van der Waals surface area contributed by atoms with E-state index in [2.05, 4.69) is 46.5 Å². The van der Waals surface area contributed by atoms with E-state index in [-0.39, 0.29) is 51.1 Å². The number of carbonyl (C=O) groups is 2. The maximum absolute atomic E-state index is 14.7. The van der Waals surface area contributed by atoms with Crippen LogP contribution in [0.4, 0.5) is 28.9 Å². The fourth-order valence-electron chi connectivity index (χ4n) is 11.8. The summed E-state index contributed by atoms with van der Waals surface area (Å²) >= 11 is 3.40. The van der Waals surface area contributed by atoms with Crippen molar-refractivity contribution >= 4 is 149 Å². The van der Waals surface area contributed by atoms with Gasteiger partial charge in [0.05, 0.1) is 68.3 Å². The van der Waals surface area contributed by atoms with E-state index in [4.69, 9.17) is 18.1 Å². The van der Waals surface area contributed by atoms with Gasteiger partial charge in [0.25, 0.3) is 11.8 Å². The molecule has 8 aromatic heterocycles. The van der Waals surface area contributed by atoms with Crippen LogP contribution in [0.2, 0.25) is 0 Å². The lowest BCUT2D eigenvalue weighted by atomic mass is 9.77. The van der Waals surface area contributed by atoms with Crippen molar-refractivity contribution in [1.82, 2.24) is 39.4 Å². The number of sulfonamides is 2.